The average molecular weight is 266 g/mol. The van der Waals surface area contributed by atoms with Crippen LogP contribution in [0.3, 0.4) is 0 Å². The highest BCUT2D eigenvalue weighted by Gasteiger charge is 2.11. The van der Waals surface area contributed by atoms with Crippen molar-refractivity contribution in [1.82, 2.24) is 9.55 Å². The zero-order valence-corrected chi connectivity index (χ0v) is 12.6. The van der Waals surface area contributed by atoms with Crippen molar-refractivity contribution in [2.24, 2.45) is 7.05 Å². The second kappa shape index (κ2) is 4.50. The highest BCUT2D eigenvalue weighted by Crippen LogP contribution is 2.28. The van der Waals surface area contributed by atoms with E-state index in [1.807, 2.05) is 13.0 Å². The summed E-state index contributed by atoms with van der Waals surface area (Å²) in [6, 6.07) is 10.6. The van der Waals surface area contributed by atoms with E-state index in [1.165, 1.54) is 27.2 Å². The van der Waals surface area contributed by atoms with Gasteiger partial charge in [-0.1, -0.05) is 11.5 Å². The van der Waals surface area contributed by atoms with Gasteiger partial charge in [0.2, 0.25) is 0 Å². The Balaban J connectivity index is 2.33. The molecule has 3 rings (SSSR count). The summed E-state index contributed by atoms with van der Waals surface area (Å²) in [5, 5.41) is 2.50. The molecular weight excluding hydrogens is 250 g/mol. The van der Waals surface area contributed by atoms with Crippen molar-refractivity contribution in [3.8, 4) is 11.3 Å². The molecular formula is C15H16BN2P. The molecule has 0 aliphatic rings. The summed E-state index contributed by atoms with van der Waals surface area (Å²) in [5.74, 6) is 0. The van der Waals surface area contributed by atoms with Crippen LogP contribution in [0.1, 0.15) is 5.69 Å². The largest absolute Gasteiger partial charge is 0.350 e. The predicted octanol–water partition coefficient (Wildman–Crippen LogP) is 1.31. The molecule has 1 aromatic carbocycles. The summed E-state index contributed by atoms with van der Waals surface area (Å²) in [5.41, 5.74) is 5.83. The quantitative estimate of drug-likeness (QED) is 0.479. The lowest BCUT2D eigenvalue weighted by molar-refractivity contribution is 0.970. The monoisotopic (exact) mass is 266 g/mol. The first-order valence-corrected chi connectivity index (χ1v) is 6.93. The predicted molar refractivity (Wildman–Crippen MR) is 88.4 cm³/mol. The van der Waals surface area contributed by atoms with Gasteiger partial charge in [-0.2, -0.15) is 0 Å². The van der Waals surface area contributed by atoms with Crippen molar-refractivity contribution >= 4 is 38.8 Å². The molecule has 0 N–H and O–H groups in total. The fourth-order valence-corrected chi connectivity index (χ4v) is 2.70. The average Bonchev–Trinajstić information content (AvgIpc) is 2.68. The van der Waals surface area contributed by atoms with Crippen molar-refractivity contribution < 1.29 is 0 Å². The Kier molecular flexibility index (Phi) is 2.95. The Morgan fingerprint density at radius 2 is 2.05 bits per heavy atom. The molecule has 0 amide bonds. The molecule has 3 aromatic rings. The van der Waals surface area contributed by atoms with Gasteiger partial charge in [0.1, 0.15) is 7.85 Å². The van der Waals surface area contributed by atoms with E-state index in [1.54, 1.807) is 0 Å². The Labute approximate surface area is 116 Å². The van der Waals surface area contributed by atoms with Crippen LogP contribution in [0.25, 0.3) is 22.2 Å². The van der Waals surface area contributed by atoms with E-state index in [4.69, 9.17) is 0 Å². The minimum absolute atomic E-state index is 1.04. The lowest BCUT2D eigenvalue weighted by Gasteiger charge is -2.04. The SMILES string of the molecule is Bc1cc2c(cc1P)c(-c1cccc(C)n1)cn2C. The normalized spacial score (nSPS) is 11.1. The first-order chi connectivity index (χ1) is 9.06. The highest BCUT2D eigenvalue weighted by molar-refractivity contribution is 7.28. The molecule has 0 radical (unpaired) electrons. The topological polar surface area (TPSA) is 17.8 Å². The molecule has 0 aliphatic heterocycles. The molecule has 0 saturated heterocycles. The maximum Gasteiger partial charge on any atom is 0.140 e. The van der Waals surface area contributed by atoms with Crippen LogP contribution in [0.5, 0.6) is 0 Å². The number of aryl methyl sites for hydroxylation is 2. The lowest BCUT2D eigenvalue weighted by Crippen LogP contribution is -2.18. The molecule has 2 nitrogen and oxygen atoms in total. The molecule has 2 aromatic heterocycles. The smallest absolute Gasteiger partial charge is 0.140 e. The van der Waals surface area contributed by atoms with Crippen LogP contribution in [0, 0.1) is 6.92 Å². The maximum absolute atomic E-state index is 4.64. The summed E-state index contributed by atoms with van der Waals surface area (Å²) >= 11 is 0. The van der Waals surface area contributed by atoms with Crippen molar-refractivity contribution in [2.45, 2.75) is 6.92 Å². The third-order valence-corrected chi connectivity index (χ3v) is 4.16. The van der Waals surface area contributed by atoms with Crippen molar-refractivity contribution in [3.05, 3.63) is 42.2 Å². The van der Waals surface area contributed by atoms with E-state index in [-0.39, 0.29) is 0 Å². The second-order valence-corrected chi connectivity index (χ2v) is 5.67. The number of pyridine rings is 1. The van der Waals surface area contributed by atoms with Gasteiger partial charge in [-0.15, -0.1) is 9.24 Å². The fraction of sp³-hybridized carbons (Fsp3) is 0.133. The molecule has 19 heavy (non-hydrogen) atoms. The van der Waals surface area contributed by atoms with Gasteiger partial charge in [0.05, 0.1) is 5.69 Å². The first-order valence-electron chi connectivity index (χ1n) is 6.35. The number of rotatable bonds is 1. The van der Waals surface area contributed by atoms with Gasteiger partial charge in [-0.05, 0) is 36.5 Å². The van der Waals surface area contributed by atoms with Gasteiger partial charge < -0.3 is 4.57 Å². The Bertz CT molecular complexity index is 777. The maximum atomic E-state index is 4.64. The Morgan fingerprint density at radius 1 is 1.26 bits per heavy atom. The molecule has 1 unspecified atom stereocenters. The van der Waals surface area contributed by atoms with E-state index < -0.39 is 0 Å². The molecule has 1 atom stereocenters. The number of aromatic nitrogens is 2. The van der Waals surface area contributed by atoms with Gasteiger partial charge in [0, 0.05) is 35.4 Å². The van der Waals surface area contributed by atoms with Crippen molar-refractivity contribution in [3.63, 3.8) is 0 Å². The van der Waals surface area contributed by atoms with E-state index in [0.29, 0.717) is 0 Å². The van der Waals surface area contributed by atoms with E-state index in [0.717, 1.165) is 11.4 Å². The summed E-state index contributed by atoms with van der Waals surface area (Å²) in [6.07, 6.45) is 2.16. The summed E-state index contributed by atoms with van der Waals surface area (Å²) < 4.78 is 2.17. The van der Waals surface area contributed by atoms with E-state index >= 15 is 0 Å². The Hall–Kier alpha value is -1.60. The molecule has 0 fully saturated rings. The van der Waals surface area contributed by atoms with Gasteiger partial charge in [-0.25, -0.2) is 0 Å². The number of nitrogens with zero attached hydrogens (tertiary/aromatic N) is 2. The minimum Gasteiger partial charge on any atom is -0.350 e. The van der Waals surface area contributed by atoms with Crippen molar-refractivity contribution in [2.75, 3.05) is 0 Å². The Morgan fingerprint density at radius 3 is 2.79 bits per heavy atom. The molecule has 0 spiro atoms. The molecule has 0 bridgehead atoms. The minimum atomic E-state index is 1.04. The summed E-state index contributed by atoms with van der Waals surface area (Å²) in [7, 11) is 7.03. The number of hydrogen-bond acceptors (Lipinski definition) is 1. The van der Waals surface area contributed by atoms with Crippen LogP contribution >= 0.6 is 9.24 Å². The van der Waals surface area contributed by atoms with Crippen LogP contribution in [-0.4, -0.2) is 17.4 Å². The number of benzene rings is 1. The third-order valence-electron chi connectivity index (χ3n) is 3.54. The standard InChI is InChI=1S/C15H16BN2P/c1-9-4-3-5-13(17-9)11-8-18(2)14-7-12(16)15(19)6-10(11)14/h3-8H,16,19H2,1-2H3. The van der Waals surface area contributed by atoms with Gasteiger partial charge >= 0.3 is 0 Å². The molecule has 0 aliphatic carbocycles. The summed E-state index contributed by atoms with van der Waals surface area (Å²) in [4.78, 5) is 4.64. The van der Waals surface area contributed by atoms with Crippen LogP contribution in [0.2, 0.25) is 0 Å². The van der Waals surface area contributed by atoms with Gasteiger partial charge in [0.25, 0.3) is 0 Å². The van der Waals surface area contributed by atoms with Crippen molar-refractivity contribution in [1.29, 1.82) is 0 Å². The molecule has 0 saturated carbocycles. The first kappa shape index (κ1) is 12.4. The molecule has 2 heterocycles. The second-order valence-electron chi connectivity index (χ2n) is 5.04. The van der Waals surface area contributed by atoms with Crippen LogP contribution in [-0.2, 0) is 7.05 Å². The number of hydrogen-bond donors (Lipinski definition) is 0. The molecule has 94 valence electrons. The third kappa shape index (κ3) is 2.09. The van der Waals surface area contributed by atoms with Gasteiger partial charge in [0.15, 0.2) is 0 Å². The zero-order chi connectivity index (χ0) is 13.6. The van der Waals surface area contributed by atoms with Gasteiger partial charge in [-0.3, -0.25) is 4.98 Å². The fourth-order valence-electron chi connectivity index (χ4n) is 2.45. The highest BCUT2D eigenvalue weighted by atomic mass is 31.0. The molecule has 4 heteroatoms. The number of fused-ring (bicyclic) bond motifs is 1. The van der Waals surface area contributed by atoms with Crippen LogP contribution in [0.15, 0.2) is 36.5 Å². The van der Waals surface area contributed by atoms with E-state index in [9.17, 15) is 0 Å². The summed E-state index contributed by atoms with van der Waals surface area (Å²) in [6.45, 7) is 2.03. The zero-order valence-electron chi connectivity index (χ0n) is 11.4. The lowest BCUT2D eigenvalue weighted by atomic mass is 9.94. The van der Waals surface area contributed by atoms with Crippen LogP contribution < -0.4 is 10.8 Å². The van der Waals surface area contributed by atoms with Crippen LogP contribution in [0.4, 0.5) is 0 Å². The van der Waals surface area contributed by atoms with E-state index in [2.05, 4.69) is 64.1 Å².